The maximum atomic E-state index is 12.6. The molecule has 0 aromatic heterocycles. The van der Waals surface area contributed by atoms with Gasteiger partial charge in [-0.05, 0) is 30.5 Å². The fourth-order valence-electron chi connectivity index (χ4n) is 3.41. The third kappa shape index (κ3) is 1.66. The number of fused-ring (bicyclic) bond motifs is 2. The number of amides is 2. The molecule has 2 unspecified atom stereocenters. The Hall–Kier alpha value is -1.88. The fraction of sp³-hybridized carbons (Fsp3) is 0.467. The van der Waals surface area contributed by atoms with Crippen molar-refractivity contribution in [2.45, 2.75) is 24.9 Å². The van der Waals surface area contributed by atoms with Gasteiger partial charge in [0.2, 0.25) is 5.91 Å². The van der Waals surface area contributed by atoms with Crippen molar-refractivity contribution >= 4 is 17.5 Å². The van der Waals surface area contributed by atoms with Gasteiger partial charge in [-0.3, -0.25) is 9.59 Å². The zero-order valence-corrected chi connectivity index (χ0v) is 11.1. The standard InChI is InChI=1S/C15H16N2O3/c18-13-5-4-10-11(2-1-3-12(10)16-13)14(19)17-7-9-6-15(9,20)8-17/h1-3,9,20H,4-8H2,(H,16,18). The number of nitrogens with zero attached hydrogens (tertiary/aromatic N) is 1. The van der Waals surface area contributed by atoms with E-state index in [0.717, 1.165) is 17.7 Å². The number of likely N-dealkylation sites (tertiary alicyclic amines) is 1. The Morgan fingerprint density at radius 1 is 1.40 bits per heavy atom. The molecule has 2 amide bonds. The Bertz CT molecular complexity index is 628. The van der Waals surface area contributed by atoms with Crippen molar-refractivity contribution in [3.63, 3.8) is 0 Å². The van der Waals surface area contributed by atoms with Crippen LogP contribution in [-0.2, 0) is 11.2 Å². The molecule has 5 heteroatoms. The molecule has 2 fully saturated rings. The number of anilines is 1. The lowest BCUT2D eigenvalue weighted by molar-refractivity contribution is -0.116. The van der Waals surface area contributed by atoms with Gasteiger partial charge in [0, 0.05) is 30.1 Å². The van der Waals surface area contributed by atoms with Crippen molar-refractivity contribution in [1.82, 2.24) is 4.90 Å². The summed E-state index contributed by atoms with van der Waals surface area (Å²) in [6.07, 6.45) is 1.84. The van der Waals surface area contributed by atoms with Gasteiger partial charge in [0.05, 0.1) is 12.1 Å². The molecule has 0 radical (unpaired) electrons. The van der Waals surface area contributed by atoms with Crippen LogP contribution in [-0.4, -0.2) is 40.5 Å². The molecule has 3 aliphatic rings. The Balaban J connectivity index is 1.64. The van der Waals surface area contributed by atoms with Crippen LogP contribution in [0, 0.1) is 5.92 Å². The summed E-state index contributed by atoms with van der Waals surface area (Å²) in [5.74, 6) is 0.225. The summed E-state index contributed by atoms with van der Waals surface area (Å²) in [6.45, 7) is 1.08. The molecule has 2 aliphatic heterocycles. The third-order valence-electron chi connectivity index (χ3n) is 4.67. The van der Waals surface area contributed by atoms with E-state index in [4.69, 9.17) is 0 Å². The average molecular weight is 272 g/mol. The van der Waals surface area contributed by atoms with Gasteiger partial charge in [-0.25, -0.2) is 0 Å². The quantitative estimate of drug-likeness (QED) is 0.793. The highest BCUT2D eigenvalue weighted by Gasteiger charge is 2.60. The Morgan fingerprint density at radius 2 is 2.25 bits per heavy atom. The lowest BCUT2D eigenvalue weighted by atomic mass is 9.96. The molecule has 0 bridgehead atoms. The largest absolute Gasteiger partial charge is 0.388 e. The normalized spacial score (nSPS) is 30.6. The molecule has 1 saturated heterocycles. The number of carbonyl (C=O) groups is 2. The van der Waals surface area contributed by atoms with E-state index in [2.05, 4.69) is 5.32 Å². The van der Waals surface area contributed by atoms with E-state index < -0.39 is 5.60 Å². The molecule has 2 N–H and O–H groups in total. The first-order valence-electron chi connectivity index (χ1n) is 7.00. The van der Waals surface area contributed by atoms with Crippen LogP contribution >= 0.6 is 0 Å². The SMILES string of the molecule is O=C1CCc2c(cccc2C(=O)N2CC3CC3(O)C2)N1. The van der Waals surface area contributed by atoms with Crippen molar-refractivity contribution in [3.05, 3.63) is 29.3 Å². The maximum absolute atomic E-state index is 12.6. The first kappa shape index (κ1) is 11.9. The van der Waals surface area contributed by atoms with Crippen LogP contribution in [0.4, 0.5) is 5.69 Å². The molecule has 4 rings (SSSR count). The molecule has 1 aromatic rings. The highest BCUT2D eigenvalue weighted by Crippen LogP contribution is 2.49. The minimum absolute atomic E-state index is 0.00109. The van der Waals surface area contributed by atoms with Gasteiger partial charge >= 0.3 is 0 Å². The van der Waals surface area contributed by atoms with Gasteiger partial charge in [-0.2, -0.15) is 0 Å². The topological polar surface area (TPSA) is 69.6 Å². The summed E-state index contributed by atoms with van der Waals surface area (Å²) in [5, 5.41) is 12.9. The van der Waals surface area contributed by atoms with Gasteiger partial charge in [0.1, 0.15) is 0 Å². The summed E-state index contributed by atoms with van der Waals surface area (Å²) < 4.78 is 0. The van der Waals surface area contributed by atoms with Crippen molar-refractivity contribution in [1.29, 1.82) is 0 Å². The van der Waals surface area contributed by atoms with Crippen LogP contribution in [0.1, 0.15) is 28.8 Å². The number of aliphatic hydroxyl groups is 1. The van der Waals surface area contributed by atoms with Gasteiger partial charge in [-0.15, -0.1) is 0 Å². The Labute approximate surface area is 116 Å². The highest BCUT2D eigenvalue weighted by molar-refractivity contribution is 6.01. The maximum Gasteiger partial charge on any atom is 0.254 e. The number of β-amino-alcohol motifs (C(OH)–C–C–N with tert-alkyl or cyclic N) is 1. The van der Waals surface area contributed by atoms with Crippen LogP contribution in [0.15, 0.2) is 18.2 Å². The van der Waals surface area contributed by atoms with E-state index in [0.29, 0.717) is 31.5 Å². The predicted octanol–water partition coefficient (Wildman–Crippen LogP) is 0.778. The third-order valence-corrected chi connectivity index (χ3v) is 4.67. The molecule has 2 atom stereocenters. The van der Waals surface area contributed by atoms with E-state index in [9.17, 15) is 14.7 Å². The predicted molar refractivity (Wildman–Crippen MR) is 72.4 cm³/mol. The smallest absolute Gasteiger partial charge is 0.254 e. The first-order valence-corrected chi connectivity index (χ1v) is 7.00. The number of hydrogen-bond acceptors (Lipinski definition) is 3. The number of carbonyl (C=O) groups excluding carboxylic acids is 2. The monoisotopic (exact) mass is 272 g/mol. The second-order valence-corrected chi connectivity index (χ2v) is 6.07. The minimum Gasteiger partial charge on any atom is -0.388 e. The van der Waals surface area contributed by atoms with Crippen molar-refractivity contribution in [2.75, 3.05) is 18.4 Å². The van der Waals surface area contributed by atoms with Gasteiger partial charge in [0.15, 0.2) is 0 Å². The molecule has 1 aromatic carbocycles. The van der Waals surface area contributed by atoms with Crippen LogP contribution in [0.3, 0.4) is 0 Å². The van der Waals surface area contributed by atoms with E-state index in [1.165, 1.54) is 0 Å². The van der Waals surface area contributed by atoms with Crippen LogP contribution < -0.4 is 5.32 Å². The molecule has 2 heterocycles. The van der Waals surface area contributed by atoms with Gasteiger partial charge < -0.3 is 15.3 Å². The number of benzene rings is 1. The van der Waals surface area contributed by atoms with E-state index in [-0.39, 0.29) is 17.7 Å². The van der Waals surface area contributed by atoms with E-state index in [1.807, 2.05) is 12.1 Å². The number of piperidine rings is 1. The molecule has 20 heavy (non-hydrogen) atoms. The number of hydrogen-bond donors (Lipinski definition) is 2. The summed E-state index contributed by atoms with van der Waals surface area (Å²) in [6, 6.07) is 5.44. The average Bonchev–Trinajstić information content (AvgIpc) is 2.94. The second kappa shape index (κ2) is 3.82. The highest BCUT2D eigenvalue weighted by atomic mass is 16.3. The molecule has 1 saturated carbocycles. The molecular formula is C15H16N2O3. The molecule has 0 spiro atoms. The van der Waals surface area contributed by atoms with Crippen LogP contribution in [0.2, 0.25) is 0 Å². The summed E-state index contributed by atoms with van der Waals surface area (Å²) in [5.41, 5.74) is 1.70. The minimum atomic E-state index is -0.626. The summed E-state index contributed by atoms with van der Waals surface area (Å²) >= 11 is 0. The Morgan fingerprint density at radius 3 is 3.00 bits per heavy atom. The first-order chi connectivity index (χ1) is 9.57. The van der Waals surface area contributed by atoms with Crippen LogP contribution in [0.5, 0.6) is 0 Å². The van der Waals surface area contributed by atoms with Gasteiger partial charge in [0.25, 0.3) is 5.91 Å². The lowest BCUT2D eigenvalue weighted by Gasteiger charge is -2.24. The van der Waals surface area contributed by atoms with Crippen molar-refractivity contribution in [2.24, 2.45) is 5.92 Å². The number of rotatable bonds is 1. The van der Waals surface area contributed by atoms with Crippen LogP contribution in [0.25, 0.3) is 0 Å². The van der Waals surface area contributed by atoms with Crippen molar-refractivity contribution < 1.29 is 14.7 Å². The van der Waals surface area contributed by atoms with Gasteiger partial charge in [-0.1, -0.05) is 6.07 Å². The Kier molecular flexibility index (Phi) is 2.27. The fourth-order valence-corrected chi connectivity index (χ4v) is 3.41. The second-order valence-electron chi connectivity index (χ2n) is 6.07. The molecule has 104 valence electrons. The van der Waals surface area contributed by atoms with Crippen molar-refractivity contribution in [3.8, 4) is 0 Å². The molecular weight excluding hydrogens is 256 g/mol. The number of nitrogens with one attached hydrogen (secondary N) is 1. The molecule has 5 nitrogen and oxygen atoms in total. The zero-order valence-electron chi connectivity index (χ0n) is 11.1. The summed E-state index contributed by atoms with van der Waals surface area (Å²) in [7, 11) is 0. The zero-order chi connectivity index (χ0) is 13.9. The summed E-state index contributed by atoms with van der Waals surface area (Å²) in [4.78, 5) is 25.8. The van der Waals surface area contributed by atoms with E-state index >= 15 is 0 Å². The molecule has 1 aliphatic carbocycles. The van der Waals surface area contributed by atoms with E-state index in [1.54, 1.807) is 11.0 Å². The lowest BCUT2D eigenvalue weighted by Crippen LogP contribution is -2.34.